The van der Waals surface area contributed by atoms with Crippen LogP contribution in [0.5, 0.6) is 0 Å². The zero-order valence-corrected chi connectivity index (χ0v) is 19.2. The molecule has 0 aromatic rings. The summed E-state index contributed by atoms with van der Waals surface area (Å²) in [4.78, 5) is 14.3. The topological polar surface area (TPSA) is 46.5 Å². The van der Waals surface area contributed by atoms with E-state index < -0.39 is 5.97 Å². The van der Waals surface area contributed by atoms with Crippen LogP contribution >= 0.6 is 0 Å². The van der Waals surface area contributed by atoms with E-state index in [9.17, 15) is 4.79 Å². The number of carbonyl (C=O) groups is 1. The van der Waals surface area contributed by atoms with Crippen molar-refractivity contribution in [2.24, 2.45) is 0 Å². The Labute approximate surface area is 180 Å². The van der Waals surface area contributed by atoms with Crippen molar-refractivity contribution >= 4 is 54.9 Å². The summed E-state index contributed by atoms with van der Waals surface area (Å²) < 4.78 is 0. The number of carbonyl (C=O) groups excluding carboxylic acids is 1. The molecule has 0 spiro atoms. The van der Waals surface area contributed by atoms with Gasteiger partial charge in [-0.2, -0.15) is 5.26 Å². The van der Waals surface area contributed by atoms with Gasteiger partial charge in [-0.1, -0.05) is 96.8 Å². The average Bonchev–Trinajstić information content (AvgIpc) is 2.50. The van der Waals surface area contributed by atoms with E-state index in [4.69, 9.17) is 5.26 Å². The molecule has 0 aromatic carbocycles. The van der Waals surface area contributed by atoms with Crippen LogP contribution in [0, 0.1) is 0 Å². The molecule has 0 rings (SSSR count). The van der Waals surface area contributed by atoms with Crippen LogP contribution in [0.4, 0.5) is 0 Å². The molecule has 0 saturated heterocycles. The molecule has 0 aliphatic heterocycles. The largest absolute Gasteiger partial charge is 2.00 e. The van der Waals surface area contributed by atoms with Gasteiger partial charge in [0, 0.05) is 6.42 Å². The van der Waals surface area contributed by atoms with Crippen LogP contribution in [0.15, 0.2) is 0 Å². The minimum atomic E-state index is -0.510. The fourth-order valence-electron chi connectivity index (χ4n) is 2.69. The third kappa shape index (κ3) is 21.0. The Bertz CT molecular complexity index is 232. The van der Waals surface area contributed by atoms with Crippen LogP contribution in [-0.2, 0) is 9.68 Å². The Morgan fingerprint density at radius 3 is 1.36 bits per heavy atom. The van der Waals surface area contributed by atoms with Crippen LogP contribution in [0.2, 0.25) is 0 Å². The molecule has 0 amide bonds. The molecule has 0 unspecified atom stereocenters. The van der Waals surface area contributed by atoms with Crippen molar-refractivity contribution in [2.45, 2.75) is 110 Å². The summed E-state index contributed by atoms with van der Waals surface area (Å²) in [6.07, 6.45) is 20.0. The van der Waals surface area contributed by atoms with Gasteiger partial charge in [-0.25, -0.2) is 4.79 Å². The van der Waals surface area contributed by atoms with Gasteiger partial charge in [0.15, 0.2) is 0 Å². The molecule has 0 aliphatic carbocycles. The molecule has 0 heterocycles. The van der Waals surface area contributed by atoms with Gasteiger partial charge < -0.3 is 7.74 Å². The number of rotatable bonds is 16. The average molecular weight is 440 g/mol. The van der Waals surface area contributed by atoms with E-state index in [1.54, 1.807) is 0 Å². The molecule has 130 valence electrons. The first kappa shape index (κ1) is 25.2. The van der Waals surface area contributed by atoms with Gasteiger partial charge in [-0.3, -0.25) is 0 Å². The Hall–Kier alpha value is 1.00. The molecule has 0 bridgehead atoms. The van der Waals surface area contributed by atoms with Crippen molar-refractivity contribution in [3.63, 3.8) is 0 Å². The fraction of sp³-hybridized carbons (Fsp3) is 0.944. The summed E-state index contributed by atoms with van der Waals surface area (Å²) >= 11 is 0. The summed E-state index contributed by atoms with van der Waals surface area (Å²) in [6.45, 7) is 2.27. The van der Waals surface area contributed by atoms with Crippen molar-refractivity contribution in [2.75, 3.05) is 0 Å². The van der Waals surface area contributed by atoms with E-state index in [1.807, 2.05) is 0 Å². The fourth-order valence-corrected chi connectivity index (χ4v) is 2.69. The molecule has 0 aliphatic rings. The van der Waals surface area contributed by atoms with Crippen LogP contribution < -0.4 is 0 Å². The molecule has 0 saturated carbocycles. The van der Waals surface area contributed by atoms with E-state index in [2.05, 4.69) is 11.8 Å². The van der Waals surface area contributed by atoms with Crippen LogP contribution in [0.3, 0.4) is 0 Å². The maximum atomic E-state index is 10.7. The van der Waals surface area contributed by atoms with Gasteiger partial charge in [0.1, 0.15) is 0 Å². The van der Waals surface area contributed by atoms with Crippen molar-refractivity contribution < 1.29 is 17.8 Å². The van der Waals surface area contributed by atoms with Gasteiger partial charge >= 0.3 is 54.9 Å². The predicted molar refractivity (Wildman–Crippen MR) is 96.2 cm³/mol. The van der Waals surface area contributed by atoms with Crippen molar-refractivity contribution in [1.29, 1.82) is 0 Å². The van der Waals surface area contributed by atoms with E-state index in [0.717, 1.165) is 12.8 Å². The first-order chi connectivity index (χ1) is 10.3. The Kier molecular flexibility index (Phi) is 25.2. The standard InChI is InChI=1S/C18H36O3.Ba.2H/c1-2-3-4-5-6-7-8-9-10-11-12-13-14-15-16-17-18(19)21-20;;;/h20H,2-17H2,1H3;;;/q;+2;2*-1. The Morgan fingerprint density at radius 2 is 1.05 bits per heavy atom. The number of unbranched alkanes of at least 4 members (excludes halogenated alkanes) is 14. The van der Waals surface area contributed by atoms with E-state index in [1.165, 1.54) is 83.5 Å². The van der Waals surface area contributed by atoms with Crippen LogP contribution in [0.1, 0.15) is 113 Å². The first-order valence-electron chi connectivity index (χ1n) is 9.15. The second-order valence-electron chi connectivity index (χ2n) is 6.16. The molecule has 4 heteroatoms. The van der Waals surface area contributed by atoms with Gasteiger partial charge in [0.2, 0.25) is 0 Å². The Morgan fingerprint density at radius 1 is 0.727 bits per heavy atom. The quantitative estimate of drug-likeness (QED) is 0.137. The maximum absolute atomic E-state index is 10.7. The number of hydrogen-bond acceptors (Lipinski definition) is 3. The van der Waals surface area contributed by atoms with Gasteiger partial charge in [0.05, 0.1) is 0 Å². The van der Waals surface area contributed by atoms with Crippen LogP contribution in [-0.4, -0.2) is 60.1 Å². The van der Waals surface area contributed by atoms with Crippen molar-refractivity contribution in [3.8, 4) is 0 Å². The summed E-state index contributed by atoms with van der Waals surface area (Å²) in [5.41, 5.74) is 0. The predicted octanol–water partition coefficient (Wildman–Crippen LogP) is 6.11. The molecule has 3 nitrogen and oxygen atoms in total. The minimum absolute atomic E-state index is 0. The minimum Gasteiger partial charge on any atom is -1.00 e. The first-order valence-corrected chi connectivity index (χ1v) is 9.15. The summed E-state index contributed by atoms with van der Waals surface area (Å²) in [5, 5.41) is 8.10. The molecule has 0 atom stereocenters. The normalized spacial score (nSPS) is 10.3. The molecular weight excluding hydrogens is 402 g/mol. The molecule has 0 aromatic heterocycles. The van der Waals surface area contributed by atoms with Gasteiger partial charge in [0.25, 0.3) is 0 Å². The number of hydrogen-bond donors (Lipinski definition) is 1. The summed E-state index contributed by atoms with van der Waals surface area (Å²) in [7, 11) is 0. The second kappa shape index (κ2) is 22.0. The molecule has 0 radical (unpaired) electrons. The SMILES string of the molecule is CCCCCCCCCCCCCCCCCC(=O)OO.[Ba+2].[H-].[H-]. The zero-order valence-electron chi connectivity index (χ0n) is 16.8. The molecule has 0 fully saturated rings. The molecule has 22 heavy (non-hydrogen) atoms. The smallest absolute Gasteiger partial charge is 1.00 e. The maximum Gasteiger partial charge on any atom is 2.00 e. The third-order valence-corrected chi connectivity index (χ3v) is 4.09. The second-order valence-corrected chi connectivity index (χ2v) is 6.16. The van der Waals surface area contributed by atoms with Gasteiger partial charge in [-0.15, -0.1) is 0 Å². The van der Waals surface area contributed by atoms with E-state index in [0.29, 0.717) is 6.42 Å². The molecular formula is C18H38BaO3. The van der Waals surface area contributed by atoms with Crippen LogP contribution in [0.25, 0.3) is 0 Å². The van der Waals surface area contributed by atoms with Crippen molar-refractivity contribution in [3.05, 3.63) is 0 Å². The zero-order chi connectivity index (χ0) is 15.6. The summed E-state index contributed by atoms with van der Waals surface area (Å²) in [6, 6.07) is 0. The van der Waals surface area contributed by atoms with E-state index >= 15 is 0 Å². The van der Waals surface area contributed by atoms with Crippen molar-refractivity contribution in [1.82, 2.24) is 0 Å². The third-order valence-electron chi connectivity index (χ3n) is 4.09. The Balaban J connectivity index is -0.000000667. The molecule has 1 N–H and O–H groups in total. The van der Waals surface area contributed by atoms with Gasteiger partial charge in [-0.05, 0) is 6.42 Å². The monoisotopic (exact) mass is 440 g/mol. The van der Waals surface area contributed by atoms with E-state index in [-0.39, 0.29) is 51.7 Å². The summed E-state index contributed by atoms with van der Waals surface area (Å²) in [5.74, 6) is -0.510.